The minimum Gasteiger partial charge on any atom is -0.448 e. The van der Waals surface area contributed by atoms with E-state index >= 15 is 0 Å². The number of fused-ring (bicyclic) bond motifs is 10. The summed E-state index contributed by atoms with van der Waals surface area (Å²) in [6, 6.07) is 52.0. The van der Waals surface area contributed by atoms with Crippen LogP contribution >= 0.6 is 8.53 Å². The van der Waals surface area contributed by atoms with Gasteiger partial charge < -0.3 is 63.0 Å². The molecule has 0 bridgehead atoms. The van der Waals surface area contributed by atoms with Gasteiger partial charge >= 0.3 is 29.7 Å². The zero-order chi connectivity index (χ0) is 85.7. The van der Waals surface area contributed by atoms with Crippen LogP contribution in [0.25, 0.3) is 44.5 Å². The molecule has 3 amide bonds. The highest BCUT2D eigenvalue weighted by Crippen LogP contribution is 2.51. The highest BCUT2D eigenvalue weighted by Gasteiger charge is 2.41. The molecule has 602 valence electrons. The van der Waals surface area contributed by atoms with E-state index < -0.39 is 93.5 Å². The first kappa shape index (κ1) is 76.1. The van der Waals surface area contributed by atoms with Gasteiger partial charge in [-0.05, 0) is 127 Å². The lowest BCUT2D eigenvalue weighted by molar-refractivity contribution is -0.0100. The lowest BCUT2D eigenvalue weighted by atomic mass is 9.98. The molecule has 4 unspecified atom stereocenters. The van der Waals surface area contributed by atoms with E-state index in [-0.39, 0.29) is 94.2 Å². The predicted octanol–water partition coefficient (Wildman–Crippen LogP) is 12.2. The van der Waals surface area contributed by atoms with E-state index in [2.05, 4.69) is 149 Å². The van der Waals surface area contributed by atoms with Gasteiger partial charge in [-0.3, -0.25) is 29.7 Å². The molecule has 8 N–H and O–H groups in total. The fraction of sp³-hybridized carbons (Fsp3) is 0.373. The summed E-state index contributed by atoms with van der Waals surface area (Å²) in [5.74, 6) is 0.166. The van der Waals surface area contributed by atoms with Crippen molar-refractivity contribution in [3.63, 3.8) is 0 Å². The Morgan fingerprint density at radius 3 is 1.23 bits per heavy atom. The van der Waals surface area contributed by atoms with Gasteiger partial charge in [-0.15, -0.1) is 0 Å². The number of benzene rings is 6. The predicted molar refractivity (Wildman–Crippen MR) is 428 cm³/mol. The van der Waals surface area contributed by atoms with Crippen molar-refractivity contribution < 1.29 is 81.5 Å². The van der Waals surface area contributed by atoms with Gasteiger partial charge in [0.1, 0.15) is 56.5 Å². The lowest BCUT2D eigenvalue weighted by Gasteiger charge is -2.36. The fourth-order valence-corrected chi connectivity index (χ4v) is 16.4. The van der Waals surface area contributed by atoms with Gasteiger partial charge in [0.15, 0.2) is 17.0 Å². The summed E-state index contributed by atoms with van der Waals surface area (Å²) in [5, 5.41) is 38.2. The molecular formula is C83H97N12O18P. The van der Waals surface area contributed by atoms with Crippen LogP contribution in [0.5, 0.6) is 0 Å². The summed E-state index contributed by atoms with van der Waals surface area (Å²) < 4.78 is 92.5. The Morgan fingerprint density at radius 1 is 0.526 bits per heavy atom. The number of imidazole rings is 1. The Kier molecular flexibility index (Phi) is 26.0. The van der Waals surface area contributed by atoms with Crippen LogP contribution in [0.3, 0.4) is 0 Å². The number of nitrogens with zero attached hydrogens (tertiary/aromatic N) is 9. The molecule has 114 heavy (non-hydrogen) atoms. The molecule has 4 aromatic heterocycles. The summed E-state index contributed by atoms with van der Waals surface area (Å²) in [6.07, 6.45) is -0.874. The van der Waals surface area contributed by atoms with Crippen LogP contribution in [-0.4, -0.2) is 188 Å². The number of carbonyl (C=O) groups is 3. The quantitative estimate of drug-likeness (QED) is 0.0292. The van der Waals surface area contributed by atoms with Crippen molar-refractivity contribution >= 4 is 55.4 Å². The second-order valence-electron chi connectivity index (χ2n) is 27.3. The first-order valence-corrected chi connectivity index (χ1v) is 38.0. The molecule has 3 aliphatic heterocycles. The zero-order valence-electron chi connectivity index (χ0n) is 70.2. The van der Waals surface area contributed by atoms with Gasteiger partial charge in [0.2, 0.25) is 4.29 Å². The molecule has 10 aromatic rings. The maximum atomic E-state index is 13.0. The summed E-state index contributed by atoms with van der Waals surface area (Å²) in [7, 11) is 4.10. The van der Waals surface area contributed by atoms with Gasteiger partial charge in [-0.2, -0.15) is 9.97 Å². The first-order chi connectivity index (χ1) is 58.1. The van der Waals surface area contributed by atoms with Crippen molar-refractivity contribution in [3.05, 3.63) is 237 Å². The molecule has 7 heterocycles. The molecule has 0 saturated carbocycles. The number of ether oxygens (including phenoxy) is 6. The van der Waals surface area contributed by atoms with Crippen molar-refractivity contribution in [2.75, 3.05) is 64.2 Å². The molecule has 0 radical (unpaired) electrons. The molecule has 31 heteroatoms. The molecule has 6 aliphatic rings. The number of aliphatic hydroxyl groups is 5. The SMILES string of the molecule is [2H]C[C@H]1O[C@@H](n2ccc(NC(=O)OCC3c4ccccc4-c4ccccc43)nc2=O)CC1O.[2H]C[C@H]1O[C@@H](n2ccc(NC(=O)OCC3c4ccccc4-c4ccccc43)nc2=O)CC1OP(OC)N(C(C)C)C(C)C.[2H]C[C@H]1O[C@@H](n2cnc3c(NC(=O)OCC4c5ccccc5-c5ccccc54)ncnc32)CC1O.[3H]OC.[3H]OC.[3H]OC. The first-order valence-electron chi connectivity index (χ1n) is 40.2. The van der Waals surface area contributed by atoms with E-state index in [1.165, 1.54) is 67.6 Å². The molecule has 3 aliphatic carbocycles. The van der Waals surface area contributed by atoms with Crippen LogP contribution in [0, 0.1) is 0 Å². The van der Waals surface area contributed by atoms with Crippen LogP contribution in [-0.2, 0) is 37.5 Å². The van der Waals surface area contributed by atoms with Crippen LogP contribution < -0.4 is 27.3 Å². The number of nitrogens with one attached hydrogen (secondary N) is 3. The van der Waals surface area contributed by atoms with Crippen LogP contribution in [0.1, 0.15) is 142 Å². The Morgan fingerprint density at radius 2 is 0.877 bits per heavy atom. The van der Waals surface area contributed by atoms with Crippen molar-refractivity contribution in [3.8, 4) is 33.4 Å². The number of amides is 3. The number of aromatic nitrogens is 8. The Balaban J connectivity index is 0.000000169. The average Bonchev–Trinajstić information content (AvgIpc) is 1.64. The highest BCUT2D eigenvalue weighted by atomic mass is 31.2. The smallest absolute Gasteiger partial charge is 0.412 e. The summed E-state index contributed by atoms with van der Waals surface area (Å²) in [4.78, 5) is 83.9. The number of hydrogen-bond donors (Lipinski definition) is 8. The average molecular weight is 1590 g/mol. The van der Waals surface area contributed by atoms with Gasteiger partial charge in [-0.25, -0.2) is 43.6 Å². The molecule has 3 fully saturated rings. The molecule has 30 nitrogen and oxygen atoms in total. The molecule has 16 rings (SSSR count). The maximum absolute atomic E-state index is 13.0. The summed E-state index contributed by atoms with van der Waals surface area (Å²) in [6.45, 7) is 8.65. The third-order valence-corrected chi connectivity index (χ3v) is 21.9. The second-order valence-corrected chi connectivity index (χ2v) is 28.8. The lowest BCUT2D eigenvalue weighted by Crippen LogP contribution is -2.35. The Bertz CT molecular complexity index is 5070. The zero-order valence-corrected chi connectivity index (χ0v) is 65.1. The Hall–Kier alpha value is -10.6. The number of hydrogen-bond acceptors (Lipinski definition) is 24. The fourth-order valence-electron chi connectivity index (χ4n) is 14.8. The molecular weight excluding hydrogens is 1480 g/mol. The second kappa shape index (κ2) is 39.0. The number of carbonyl (C=O) groups excluding carboxylic acids is 3. The third-order valence-electron chi connectivity index (χ3n) is 19.9. The van der Waals surface area contributed by atoms with Crippen molar-refractivity contribution in [1.29, 1.82) is 4.29 Å². The molecule has 3 saturated heterocycles. The summed E-state index contributed by atoms with van der Waals surface area (Å²) >= 11 is 0. The molecule has 0 spiro atoms. The van der Waals surface area contributed by atoms with E-state index in [1.807, 2.05) is 84.9 Å². The van der Waals surface area contributed by atoms with E-state index in [1.54, 1.807) is 11.7 Å². The Labute approximate surface area is 669 Å². The van der Waals surface area contributed by atoms with E-state index in [4.69, 9.17) is 45.9 Å². The van der Waals surface area contributed by atoms with Gasteiger partial charge in [0.25, 0.3) is 8.53 Å². The highest BCUT2D eigenvalue weighted by molar-refractivity contribution is 7.44. The van der Waals surface area contributed by atoms with E-state index in [0.717, 1.165) is 66.8 Å². The van der Waals surface area contributed by atoms with Crippen molar-refractivity contribution in [2.45, 2.75) is 153 Å². The van der Waals surface area contributed by atoms with Gasteiger partial charge in [0.05, 0.1) is 43.0 Å². The van der Waals surface area contributed by atoms with Gasteiger partial charge in [0, 0.05) is 94.0 Å². The topological polar surface area (TPSA) is 379 Å². The van der Waals surface area contributed by atoms with Crippen LogP contribution in [0.2, 0.25) is 0 Å². The monoisotopic (exact) mass is 1590 g/mol. The minimum absolute atomic E-state index is 0.0268. The number of anilines is 3. The van der Waals surface area contributed by atoms with Gasteiger partial charge in [-0.1, -0.05) is 146 Å². The van der Waals surface area contributed by atoms with Crippen LogP contribution in [0.15, 0.2) is 192 Å². The number of rotatable bonds is 18. The van der Waals surface area contributed by atoms with E-state index in [0.29, 0.717) is 24.0 Å². The van der Waals surface area contributed by atoms with Crippen molar-refractivity contribution in [1.82, 2.24) is 43.3 Å². The summed E-state index contributed by atoms with van der Waals surface area (Å²) in [5.41, 5.74) is 13.2. The van der Waals surface area contributed by atoms with Crippen LogP contribution in [0.4, 0.5) is 31.8 Å². The largest absolute Gasteiger partial charge is 0.448 e. The van der Waals surface area contributed by atoms with Crippen molar-refractivity contribution in [2.24, 2.45) is 0 Å². The normalized spacial score (nSPS) is 20.9. The molecule has 6 aromatic carbocycles. The molecule has 10 atom stereocenters. The minimum atomic E-state index is -1.39. The third kappa shape index (κ3) is 18.8. The standard InChI is InChI=1S/C31H39N4O6P.C25H23N5O4.C24H23N3O5.3CH4O/c1-19(2)35(20(3)4)42(38-6)41-27-17-29(40-21(27)5)34-16-15-28(32-30(34)36)33-31(37)39-18-26-24-13-9-7-11-22(24)23-12-8-10-14-25(23)26;1-14-20(31)10-21(34-14)30-13-28-22-23(26-12-27-24(22)30)29-25(32)33-11-19-17-8-4-2-6-15(17)16-7-3-5-9-18(16)19;1-14-20(28)12-22(32-14)27-11-10-21(25-23(27)29)26-24(30)31-13-19-17-8-4-2-6-15(17)16-7-3-5-9-18(16)19;3*1-2/h7-16,19-21,26-27,29H,17-18H2,1-6H3,(H,32,33,36,37);2-9,12-14,19-21,31H,10-11H2,1H3,(H,26,27,29,32);2-11,14,19-20,22,28H,12-13H2,1H3,(H,25,26,29,30);3*2H,1H3/t21-,27?,29-,42?;14-,20?,21-;14-,20?,22-;;;/m111.../s1/i5D;2*1D;3*2T. The number of aliphatic hydroxyl groups excluding tert-OH is 5. The maximum Gasteiger partial charge on any atom is 0.412 e. The van der Waals surface area contributed by atoms with E-state index in [9.17, 15) is 34.2 Å².